The minimum Gasteiger partial charge on any atom is -0.346 e. The molecule has 2 N–H and O–H groups in total. The molecule has 0 spiro atoms. The Bertz CT molecular complexity index is 390. The molecule has 2 nitrogen and oxygen atoms in total. The smallest absolute Gasteiger partial charge is 0.0480 e. The quantitative estimate of drug-likeness (QED) is 0.782. The Morgan fingerprint density at radius 3 is 2.50 bits per heavy atom. The fourth-order valence-corrected chi connectivity index (χ4v) is 1.62. The monoisotopic (exact) mass is 186 g/mol. The maximum Gasteiger partial charge on any atom is 0.0480 e. The van der Waals surface area contributed by atoms with Gasteiger partial charge in [0.05, 0.1) is 0 Å². The van der Waals surface area contributed by atoms with Crippen molar-refractivity contribution < 1.29 is 0 Å². The predicted molar refractivity (Wildman–Crippen MR) is 58.9 cm³/mol. The number of aromatic nitrogens is 1. The Balaban J connectivity index is 2.37. The van der Waals surface area contributed by atoms with Crippen LogP contribution in [0, 0.1) is 0 Å². The summed E-state index contributed by atoms with van der Waals surface area (Å²) in [5.74, 6) is 0. The van der Waals surface area contributed by atoms with Crippen LogP contribution in [0.15, 0.2) is 48.7 Å². The van der Waals surface area contributed by atoms with Gasteiger partial charge in [-0.3, -0.25) is 0 Å². The van der Waals surface area contributed by atoms with E-state index in [-0.39, 0.29) is 0 Å². The summed E-state index contributed by atoms with van der Waals surface area (Å²) in [5, 5.41) is 0. The second kappa shape index (κ2) is 4.11. The van der Waals surface area contributed by atoms with E-state index in [1.54, 1.807) is 0 Å². The molecule has 1 heterocycles. The zero-order valence-corrected chi connectivity index (χ0v) is 8.06. The van der Waals surface area contributed by atoms with Crippen molar-refractivity contribution in [2.45, 2.75) is 6.54 Å². The minimum atomic E-state index is 0.675. The van der Waals surface area contributed by atoms with Crippen LogP contribution in [-0.2, 0) is 6.54 Å². The van der Waals surface area contributed by atoms with E-state index in [0.29, 0.717) is 6.54 Å². The summed E-state index contributed by atoms with van der Waals surface area (Å²) in [4.78, 5) is 0. The average Bonchev–Trinajstić information content (AvgIpc) is 2.68. The molecular formula is C12H14N2. The second-order valence-corrected chi connectivity index (χ2v) is 3.24. The highest BCUT2D eigenvalue weighted by Crippen LogP contribution is 2.18. The highest BCUT2D eigenvalue weighted by atomic mass is 15.0. The molecule has 0 radical (unpaired) electrons. The number of hydrogen-bond donors (Lipinski definition) is 1. The highest BCUT2D eigenvalue weighted by molar-refractivity contribution is 5.59. The average molecular weight is 186 g/mol. The Kier molecular flexibility index (Phi) is 2.65. The van der Waals surface area contributed by atoms with Gasteiger partial charge in [0.1, 0.15) is 0 Å². The van der Waals surface area contributed by atoms with E-state index < -0.39 is 0 Å². The van der Waals surface area contributed by atoms with Crippen LogP contribution in [0.25, 0.3) is 11.3 Å². The van der Waals surface area contributed by atoms with Crippen molar-refractivity contribution in [2.24, 2.45) is 5.73 Å². The van der Waals surface area contributed by atoms with E-state index in [4.69, 9.17) is 5.73 Å². The predicted octanol–water partition coefficient (Wildman–Crippen LogP) is 2.11. The minimum absolute atomic E-state index is 0.675. The molecule has 0 unspecified atom stereocenters. The summed E-state index contributed by atoms with van der Waals surface area (Å²) >= 11 is 0. The standard InChI is InChI=1S/C12H14N2/c13-8-10-14-9-4-7-12(14)11-5-2-1-3-6-11/h1-7,9H,8,10,13H2. The second-order valence-electron chi connectivity index (χ2n) is 3.24. The first-order valence-electron chi connectivity index (χ1n) is 4.82. The molecule has 0 amide bonds. The summed E-state index contributed by atoms with van der Waals surface area (Å²) in [6, 6.07) is 14.5. The van der Waals surface area contributed by atoms with Crippen molar-refractivity contribution in [1.29, 1.82) is 0 Å². The normalized spacial score (nSPS) is 10.4. The lowest BCUT2D eigenvalue weighted by Gasteiger charge is -2.07. The number of nitrogens with two attached hydrogens (primary N) is 1. The van der Waals surface area contributed by atoms with Crippen LogP contribution in [0.3, 0.4) is 0 Å². The molecule has 0 atom stereocenters. The first-order valence-corrected chi connectivity index (χ1v) is 4.82. The Hall–Kier alpha value is -1.54. The lowest BCUT2D eigenvalue weighted by molar-refractivity contribution is 0.720. The van der Waals surface area contributed by atoms with Crippen molar-refractivity contribution in [3.63, 3.8) is 0 Å². The molecule has 0 aliphatic carbocycles. The van der Waals surface area contributed by atoms with Crippen molar-refractivity contribution in [3.05, 3.63) is 48.7 Å². The third-order valence-corrected chi connectivity index (χ3v) is 2.27. The van der Waals surface area contributed by atoms with Gasteiger partial charge < -0.3 is 10.3 Å². The van der Waals surface area contributed by atoms with E-state index in [1.807, 2.05) is 6.07 Å². The third kappa shape index (κ3) is 1.70. The van der Waals surface area contributed by atoms with Crippen molar-refractivity contribution in [3.8, 4) is 11.3 Å². The molecule has 1 aromatic carbocycles. The van der Waals surface area contributed by atoms with Gasteiger partial charge in [-0.2, -0.15) is 0 Å². The van der Waals surface area contributed by atoms with Crippen LogP contribution in [-0.4, -0.2) is 11.1 Å². The maximum absolute atomic E-state index is 5.55. The molecule has 1 aromatic heterocycles. The van der Waals surface area contributed by atoms with Crippen LogP contribution in [0.4, 0.5) is 0 Å². The topological polar surface area (TPSA) is 30.9 Å². The fraction of sp³-hybridized carbons (Fsp3) is 0.167. The van der Waals surface area contributed by atoms with Crippen molar-refractivity contribution in [1.82, 2.24) is 4.57 Å². The number of hydrogen-bond acceptors (Lipinski definition) is 1. The summed E-state index contributed by atoms with van der Waals surface area (Å²) in [6.07, 6.45) is 2.06. The number of benzene rings is 1. The SMILES string of the molecule is NCCn1cccc1-c1ccccc1. The highest BCUT2D eigenvalue weighted by Gasteiger charge is 2.01. The summed E-state index contributed by atoms with van der Waals surface area (Å²) in [6.45, 7) is 1.55. The van der Waals surface area contributed by atoms with E-state index >= 15 is 0 Å². The molecule has 0 aliphatic rings. The van der Waals surface area contributed by atoms with E-state index in [2.05, 4.69) is 47.2 Å². The molecule has 0 bridgehead atoms. The summed E-state index contributed by atoms with van der Waals surface area (Å²) < 4.78 is 2.18. The summed E-state index contributed by atoms with van der Waals surface area (Å²) in [7, 11) is 0. The van der Waals surface area contributed by atoms with Crippen LogP contribution in [0.5, 0.6) is 0 Å². The Morgan fingerprint density at radius 2 is 1.79 bits per heavy atom. The lowest BCUT2D eigenvalue weighted by Crippen LogP contribution is -2.09. The zero-order chi connectivity index (χ0) is 9.80. The van der Waals surface area contributed by atoms with Gasteiger partial charge in [-0.1, -0.05) is 30.3 Å². The third-order valence-electron chi connectivity index (χ3n) is 2.27. The first-order chi connectivity index (χ1) is 6.92. The molecule has 2 aromatic rings. The van der Waals surface area contributed by atoms with E-state index in [9.17, 15) is 0 Å². The van der Waals surface area contributed by atoms with Crippen molar-refractivity contribution >= 4 is 0 Å². The van der Waals surface area contributed by atoms with Crippen LogP contribution in [0.1, 0.15) is 0 Å². The Labute approximate surface area is 84.0 Å². The number of nitrogens with zero attached hydrogens (tertiary/aromatic N) is 1. The van der Waals surface area contributed by atoms with Gasteiger partial charge in [0.15, 0.2) is 0 Å². The van der Waals surface area contributed by atoms with Crippen LogP contribution >= 0.6 is 0 Å². The first kappa shape index (κ1) is 9.03. The van der Waals surface area contributed by atoms with Gasteiger partial charge in [-0.25, -0.2) is 0 Å². The largest absolute Gasteiger partial charge is 0.346 e. The van der Waals surface area contributed by atoms with Crippen molar-refractivity contribution in [2.75, 3.05) is 6.54 Å². The zero-order valence-electron chi connectivity index (χ0n) is 8.06. The molecule has 14 heavy (non-hydrogen) atoms. The fourth-order valence-electron chi connectivity index (χ4n) is 1.62. The van der Waals surface area contributed by atoms with Gasteiger partial charge in [-0.05, 0) is 17.7 Å². The summed E-state index contributed by atoms with van der Waals surface area (Å²) in [5.41, 5.74) is 8.02. The van der Waals surface area contributed by atoms with Gasteiger partial charge >= 0.3 is 0 Å². The lowest BCUT2D eigenvalue weighted by atomic mass is 10.1. The van der Waals surface area contributed by atoms with E-state index in [0.717, 1.165) is 6.54 Å². The van der Waals surface area contributed by atoms with Gasteiger partial charge in [-0.15, -0.1) is 0 Å². The molecule has 0 saturated carbocycles. The molecule has 0 fully saturated rings. The molecule has 0 saturated heterocycles. The van der Waals surface area contributed by atoms with Gasteiger partial charge in [0, 0.05) is 25.0 Å². The number of rotatable bonds is 3. The molecular weight excluding hydrogens is 172 g/mol. The van der Waals surface area contributed by atoms with Gasteiger partial charge in [0.25, 0.3) is 0 Å². The Morgan fingerprint density at radius 1 is 1.00 bits per heavy atom. The molecule has 2 rings (SSSR count). The van der Waals surface area contributed by atoms with Crippen LogP contribution in [0.2, 0.25) is 0 Å². The molecule has 72 valence electrons. The van der Waals surface area contributed by atoms with Crippen LogP contribution < -0.4 is 5.73 Å². The molecule has 0 aliphatic heterocycles. The maximum atomic E-state index is 5.55. The van der Waals surface area contributed by atoms with Gasteiger partial charge in [0.2, 0.25) is 0 Å². The van der Waals surface area contributed by atoms with E-state index in [1.165, 1.54) is 11.3 Å². The molecule has 2 heteroatoms.